The zero-order valence-corrected chi connectivity index (χ0v) is 6.30. The van der Waals surface area contributed by atoms with Gasteiger partial charge in [-0.1, -0.05) is 6.07 Å². The number of aromatic nitrogens is 1. The molecule has 66 valence electrons. The highest BCUT2D eigenvalue weighted by molar-refractivity contribution is 5.79. The first kappa shape index (κ1) is 7.53. The fourth-order valence-corrected chi connectivity index (χ4v) is 1.00. The first-order valence-corrected chi connectivity index (χ1v) is 3.41. The van der Waals surface area contributed by atoms with Crippen molar-refractivity contribution < 1.29 is 14.4 Å². The molecule has 0 unspecified atom stereocenters. The van der Waals surface area contributed by atoms with Crippen molar-refractivity contribution in [3.63, 3.8) is 0 Å². The van der Waals surface area contributed by atoms with Crippen LogP contribution in [0.3, 0.4) is 0 Å². The Labute approximate surface area is 71.6 Å². The van der Waals surface area contributed by atoms with Crippen LogP contribution in [0.5, 0.6) is 5.75 Å². The molecule has 1 heterocycles. The second-order valence-electron chi connectivity index (χ2n) is 2.38. The van der Waals surface area contributed by atoms with Crippen molar-refractivity contribution >= 4 is 17.1 Å². The Morgan fingerprint density at radius 1 is 1.54 bits per heavy atom. The van der Waals surface area contributed by atoms with Crippen molar-refractivity contribution in [2.24, 2.45) is 0 Å². The van der Waals surface area contributed by atoms with E-state index >= 15 is 0 Å². The van der Waals surface area contributed by atoms with Crippen LogP contribution in [0.25, 0.3) is 11.1 Å². The van der Waals surface area contributed by atoms with Crippen LogP contribution in [0.4, 0.5) is 6.01 Å². The predicted molar refractivity (Wildman–Crippen MR) is 42.3 cm³/mol. The van der Waals surface area contributed by atoms with Gasteiger partial charge in [-0.2, -0.15) is 0 Å². The molecule has 1 N–H and O–H groups in total. The Hall–Kier alpha value is -2.11. The molecule has 0 spiro atoms. The number of phenolic OH excluding ortho intramolecular Hbond substituents is 1. The van der Waals surface area contributed by atoms with Gasteiger partial charge in [-0.25, -0.2) is 0 Å². The van der Waals surface area contributed by atoms with Crippen molar-refractivity contribution in [2.75, 3.05) is 0 Å². The van der Waals surface area contributed by atoms with Crippen molar-refractivity contribution in [3.05, 3.63) is 28.3 Å². The number of benzene rings is 1. The smallest absolute Gasteiger partial charge is 0.504 e. The summed E-state index contributed by atoms with van der Waals surface area (Å²) in [5.41, 5.74) is 0.306. The van der Waals surface area contributed by atoms with E-state index in [1.54, 1.807) is 0 Å². The van der Waals surface area contributed by atoms with Crippen molar-refractivity contribution in [1.82, 2.24) is 4.98 Å². The molecule has 0 bridgehead atoms. The molecule has 0 aliphatic carbocycles. The maximum absolute atomic E-state index is 10.2. The molecule has 0 saturated heterocycles. The van der Waals surface area contributed by atoms with E-state index in [0.29, 0.717) is 0 Å². The molecule has 1 aromatic heterocycles. The van der Waals surface area contributed by atoms with Gasteiger partial charge in [0.25, 0.3) is 5.52 Å². The maximum Gasteiger partial charge on any atom is 0.546 e. The molecule has 0 atom stereocenters. The van der Waals surface area contributed by atoms with E-state index in [4.69, 9.17) is 4.42 Å². The first-order valence-electron chi connectivity index (χ1n) is 3.41. The number of para-hydroxylation sites is 1. The average molecular weight is 180 g/mol. The summed E-state index contributed by atoms with van der Waals surface area (Å²) < 4.78 is 4.74. The number of phenols is 1. The van der Waals surface area contributed by atoms with Crippen molar-refractivity contribution in [3.8, 4) is 5.75 Å². The quantitative estimate of drug-likeness (QED) is 0.529. The lowest BCUT2D eigenvalue weighted by Gasteiger charge is -1.84. The molecule has 0 amide bonds. The van der Waals surface area contributed by atoms with Crippen LogP contribution in [0.1, 0.15) is 0 Å². The number of nitro groups is 1. The van der Waals surface area contributed by atoms with Crippen LogP contribution in [0.15, 0.2) is 22.6 Å². The molecule has 6 nitrogen and oxygen atoms in total. The summed E-state index contributed by atoms with van der Waals surface area (Å²) in [7, 11) is 0. The van der Waals surface area contributed by atoms with E-state index in [2.05, 4.69) is 4.98 Å². The average Bonchev–Trinajstić information content (AvgIpc) is 2.49. The second-order valence-corrected chi connectivity index (χ2v) is 2.38. The van der Waals surface area contributed by atoms with Gasteiger partial charge in [-0.3, -0.25) is 0 Å². The summed E-state index contributed by atoms with van der Waals surface area (Å²) in [6.07, 6.45) is 0. The molecule has 0 aliphatic heterocycles. The van der Waals surface area contributed by atoms with E-state index in [9.17, 15) is 15.2 Å². The standard InChI is InChI=1S/C7H4N2O4/c10-4-2-1-3-5-6(4)8-7(13-5)9(11)12/h1-3,10H. The van der Waals surface area contributed by atoms with Gasteiger partial charge in [0.1, 0.15) is 0 Å². The van der Waals surface area contributed by atoms with Gasteiger partial charge in [-0.05, 0) is 12.1 Å². The Morgan fingerprint density at radius 2 is 2.31 bits per heavy atom. The van der Waals surface area contributed by atoms with Crippen molar-refractivity contribution in [2.45, 2.75) is 0 Å². The molecule has 0 aliphatic rings. The highest BCUT2D eigenvalue weighted by atomic mass is 16.7. The van der Waals surface area contributed by atoms with Crippen molar-refractivity contribution in [1.29, 1.82) is 0 Å². The molecule has 13 heavy (non-hydrogen) atoms. The van der Waals surface area contributed by atoms with Gasteiger partial charge in [-0.15, -0.1) is 0 Å². The van der Waals surface area contributed by atoms with Gasteiger partial charge >= 0.3 is 6.01 Å². The summed E-state index contributed by atoms with van der Waals surface area (Å²) in [6.45, 7) is 0. The Balaban J connectivity index is 2.75. The van der Waals surface area contributed by atoms with Gasteiger partial charge in [0.2, 0.25) is 0 Å². The third-order valence-electron chi connectivity index (χ3n) is 1.54. The lowest BCUT2D eigenvalue weighted by molar-refractivity contribution is -0.406. The molecule has 0 saturated carbocycles. The maximum atomic E-state index is 10.2. The number of hydrogen-bond donors (Lipinski definition) is 1. The van der Waals surface area contributed by atoms with Crippen LogP contribution < -0.4 is 0 Å². The molecule has 1 aromatic carbocycles. The van der Waals surface area contributed by atoms with Crippen LogP contribution in [0, 0.1) is 10.1 Å². The zero-order chi connectivity index (χ0) is 9.42. The summed E-state index contributed by atoms with van der Waals surface area (Å²) in [5, 5.41) is 19.5. The molecular formula is C7H4N2O4. The lowest BCUT2D eigenvalue weighted by atomic mass is 10.3. The molecule has 0 radical (unpaired) electrons. The number of fused-ring (bicyclic) bond motifs is 1. The summed E-state index contributed by atoms with van der Waals surface area (Å²) in [4.78, 5) is 13.0. The SMILES string of the molecule is O=[N+]([O-])c1nc2c(O)cccc2o1. The van der Waals surface area contributed by atoms with Crippen LogP contribution in [0.2, 0.25) is 0 Å². The third-order valence-corrected chi connectivity index (χ3v) is 1.54. The van der Waals surface area contributed by atoms with Crippen LogP contribution in [-0.4, -0.2) is 15.0 Å². The predicted octanol–water partition coefficient (Wildman–Crippen LogP) is 1.44. The molecule has 2 aromatic rings. The zero-order valence-electron chi connectivity index (χ0n) is 6.30. The van der Waals surface area contributed by atoms with Gasteiger partial charge in [0.05, 0.1) is 0 Å². The van der Waals surface area contributed by atoms with Gasteiger partial charge in [0, 0.05) is 9.91 Å². The fourth-order valence-electron chi connectivity index (χ4n) is 1.00. The molecule has 0 fully saturated rings. The van der Waals surface area contributed by atoms with Gasteiger partial charge < -0.3 is 19.6 Å². The van der Waals surface area contributed by atoms with Crippen LogP contribution in [-0.2, 0) is 0 Å². The first-order chi connectivity index (χ1) is 6.18. The minimum atomic E-state index is -0.751. The highest BCUT2D eigenvalue weighted by Gasteiger charge is 2.19. The Morgan fingerprint density at radius 3 is 2.92 bits per heavy atom. The van der Waals surface area contributed by atoms with E-state index in [1.807, 2.05) is 0 Å². The Kier molecular flexibility index (Phi) is 1.42. The van der Waals surface area contributed by atoms with E-state index < -0.39 is 10.9 Å². The minimum Gasteiger partial charge on any atom is -0.504 e. The summed E-state index contributed by atoms with van der Waals surface area (Å²) >= 11 is 0. The number of aromatic hydroxyl groups is 1. The minimum absolute atomic E-state index is 0.106. The highest BCUT2D eigenvalue weighted by Crippen LogP contribution is 2.26. The number of nitrogens with zero attached hydrogens (tertiary/aromatic N) is 2. The van der Waals surface area contributed by atoms with E-state index in [0.717, 1.165) is 0 Å². The van der Waals surface area contributed by atoms with Crippen LogP contribution >= 0.6 is 0 Å². The topological polar surface area (TPSA) is 89.4 Å². The summed E-state index contributed by atoms with van der Waals surface area (Å²) in [6, 6.07) is 3.78. The lowest BCUT2D eigenvalue weighted by Crippen LogP contribution is -1.85. The molecule has 2 rings (SSSR count). The largest absolute Gasteiger partial charge is 0.546 e. The number of hydrogen-bond acceptors (Lipinski definition) is 5. The molecule has 6 heteroatoms. The van der Waals surface area contributed by atoms with E-state index in [1.165, 1.54) is 18.2 Å². The number of rotatable bonds is 1. The summed E-state index contributed by atoms with van der Waals surface area (Å²) in [5.74, 6) is -0.130. The van der Waals surface area contributed by atoms with Gasteiger partial charge in [0.15, 0.2) is 11.3 Å². The number of oxazole rings is 1. The fraction of sp³-hybridized carbons (Fsp3) is 0. The monoisotopic (exact) mass is 180 g/mol. The second kappa shape index (κ2) is 2.44. The third kappa shape index (κ3) is 1.08. The normalized spacial score (nSPS) is 10.5. The Bertz CT molecular complexity index is 476. The van der Waals surface area contributed by atoms with E-state index in [-0.39, 0.29) is 16.8 Å². The molecular weight excluding hydrogens is 176 g/mol.